The van der Waals surface area contributed by atoms with Gasteiger partial charge in [0.05, 0.1) is 20.8 Å². The van der Waals surface area contributed by atoms with E-state index in [1.54, 1.807) is 0 Å². The third-order valence-corrected chi connectivity index (χ3v) is 15.0. The predicted octanol–water partition coefficient (Wildman–Crippen LogP) is 14.4. The molecule has 1 N–H and O–H groups in total. The van der Waals surface area contributed by atoms with Crippen LogP contribution in [0.25, 0.3) is 48.3 Å². The highest BCUT2D eigenvalue weighted by Crippen LogP contribution is 2.57. The number of anilines is 2. The van der Waals surface area contributed by atoms with E-state index >= 15 is 0 Å². The molecule has 0 radical (unpaired) electrons. The van der Waals surface area contributed by atoms with Crippen molar-refractivity contribution in [2.45, 2.75) is 61.2 Å². The van der Waals surface area contributed by atoms with Gasteiger partial charge in [0.25, 0.3) is 0 Å². The Kier molecular flexibility index (Phi) is 9.89. The van der Waals surface area contributed by atoms with E-state index < -0.39 is 5.97 Å². The van der Waals surface area contributed by atoms with E-state index in [0.717, 1.165) is 33.3 Å². The Morgan fingerprint density at radius 1 is 0.821 bits per heavy atom. The number of fused-ring (bicyclic) bond motifs is 7. The van der Waals surface area contributed by atoms with E-state index in [0.29, 0.717) is 0 Å². The number of hydrogen-bond acceptors (Lipinski definition) is 6. The summed E-state index contributed by atoms with van der Waals surface area (Å²) in [5.74, 6) is -0.827. The Bertz CT molecular complexity index is 2740. The maximum Gasteiger partial charge on any atom is 0.346 e. The van der Waals surface area contributed by atoms with Gasteiger partial charge in [-0.1, -0.05) is 124 Å². The van der Waals surface area contributed by atoms with Crippen molar-refractivity contribution in [2.75, 3.05) is 11.4 Å². The van der Waals surface area contributed by atoms with Gasteiger partial charge in [-0.05, 0) is 88.4 Å². The van der Waals surface area contributed by atoms with Crippen molar-refractivity contribution in [2.24, 2.45) is 0 Å². The highest BCUT2D eigenvalue weighted by Gasteiger charge is 2.35. The fourth-order valence-corrected chi connectivity index (χ4v) is 12.4. The number of thiophene rings is 2. The standard InChI is InChI=1S/C49H40N2O2S3/c1-3-4-5-14-23-51-40-19-12-13-20-42(40)54-44-26-33(21-22-41(44)51)37-27-39-46(30(2)45(37)32-17-10-7-11-18-32)56-47-38-25-34(24-35(29-50)49(52)53)36(28-43(38)55-48(39)47)31-15-8-6-9-16-31/h6-13,15-22,24-28,30,45H,3-5,14,23H2,1-2H3,(H,52,53)/b35-24+. The minimum absolute atomic E-state index is 0.170. The molecule has 2 aromatic heterocycles. The van der Waals surface area contributed by atoms with E-state index in [1.807, 2.05) is 70.8 Å². The van der Waals surface area contributed by atoms with Crippen molar-refractivity contribution >= 4 is 89.0 Å². The fraction of sp³-hybridized carbons (Fsp3) is 0.184. The van der Waals surface area contributed by atoms with Gasteiger partial charge in [-0.3, -0.25) is 0 Å². The van der Waals surface area contributed by atoms with Crippen LogP contribution in [0.15, 0.2) is 131 Å². The summed E-state index contributed by atoms with van der Waals surface area (Å²) >= 11 is 5.55. The first kappa shape index (κ1) is 36.3. The summed E-state index contributed by atoms with van der Waals surface area (Å²) in [4.78, 5) is 18.5. The Labute approximate surface area is 340 Å². The molecule has 0 fully saturated rings. The van der Waals surface area contributed by atoms with Crippen LogP contribution in [0.1, 0.15) is 78.5 Å². The molecule has 0 bridgehead atoms. The van der Waals surface area contributed by atoms with Crippen LogP contribution in [0.2, 0.25) is 0 Å². The number of carboxylic acids is 1. The number of rotatable bonds is 10. The summed E-state index contributed by atoms with van der Waals surface area (Å²) in [5, 5.41) is 20.6. The smallest absolute Gasteiger partial charge is 0.346 e. The van der Waals surface area contributed by atoms with Crippen LogP contribution in [0.4, 0.5) is 11.4 Å². The molecule has 3 heterocycles. The monoisotopic (exact) mass is 784 g/mol. The average Bonchev–Trinajstić information content (AvgIpc) is 3.77. The second-order valence-corrected chi connectivity index (χ2v) is 17.8. The largest absolute Gasteiger partial charge is 0.477 e. The molecule has 4 nitrogen and oxygen atoms in total. The zero-order valence-electron chi connectivity index (χ0n) is 31.3. The second-order valence-electron chi connectivity index (χ2n) is 14.7. The minimum atomic E-state index is -1.23. The lowest BCUT2D eigenvalue weighted by atomic mass is 9.73. The van der Waals surface area contributed by atoms with E-state index in [9.17, 15) is 15.2 Å². The number of aliphatic carboxylic acids is 1. The van der Waals surface area contributed by atoms with Crippen molar-refractivity contribution in [3.63, 3.8) is 0 Å². The van der Waals surface area contributed by atoms with Crippen molar-refractivity contribution in [3.05, 3.63) is 148 Å². The molecule has 276 valence electrons. The normalized spacial score (nSPS) is 16.3. The van der Waals surface area contributed by atoms with Crippen LogP contribution < -0.4 is 4.90 Å². The summed E-state index contributed by atoms with van der Waals surface area (Å²) in [6.07, 6.45) is 8.88. The van der Waals surface area contributed by atoms with Gasteiger partial charge >= 0.3 is 5.97 Å². The lowest BCUT2D eigenvalue weighted by Crippen LogP contribution is -2.22. The highest BCUT2D eigenvalue weighted by atomic mass is 32.2. The van der Waals surface area contributed by atoms with Crippen molar-refractivity contribution in [1.29, 1.82) is 5.26 Å². The van der Waals surface area contributed by atoms with Crippen LogP contribution >= 0.6 is 34.4 Å². The van der Waals surface area contributed by atoms with E-state index in [2.05, 4.69) is 110 Å². The number of carboxylic acid groups (broad SMARTS) is 1. The number of nitriles is 1. The lowest BCUT2D eigenvalue weighted by molar-refractivity contribution is -0.132. The van der Waals surface area contributed by atoms with Crippen molar-refractivity contribution in [1.82, 2.24) is 0 Å². The maximum absolute atomic E-state index is 12.0. The average molecular weight is 785 g/mol. The second kappa shape index (κ2) is 15.3. The molecule has 0 saturated heterocycles. The van der Waals surface area contributed by atoms with Gasteiger partial charge in [-0.25, -0.2) is 4.79 Å². The fourth-order valence-electron chi connectivity index (χ4n) is 8.46. The van der Waals surface area contributed by atoms with Crippen molar-refractivity contribution < 1.29 is 9.90 Å². The first-order valence-electron chi connectivity index (χ1n) is 19.3. The summed E-state index contributed by atoms with van der Waals surface area (Å²) in [7, 11) is 0. The third kappa shape index (κ3) is 6.46. The first-order chi connectivity index (χ1) is 27.4. The molecular formula is C49H40N2O2S3. The lowest BCUT2D eigenvalue weighted by Gasteiger charge is -2.35. The molecule has 7 heteroatoms. The molecule has 2 unspecified atom stereocenters. The molecule has 2 aliphatic rings. The van der Waals surface area contributed by atoms with Gasteiger partial charge in [0.2, 0.25) is 0 Å². The van der Waals surface area contributed by atoms with Gasteiger partial charge in [-0.2, -0.15) is 5.26 Å². The molecule has 1 aliphatic carbocycles. The number of unbranched alkanes of at least 4 members (excludes halogenated alkanes) is 3. The Morgan fingerprint density at radius 3 is 2.34 bits per heavy atom. The van der Waals surface area contributed by atoms with Crippen molar-refractivity contribution in [3.8, 4) is 17.2 Å². The topological polar surface area (TPSA) is 64.3 Å². The predicted molar refractivity (Wildman–Crippen MR) is 237 cm³/mol. The number of nitrogens with zero attached hydrogens (tertiary/aromatic N) is 2. The summed E-state index contributed by atoms with van der Waals surface area (Å²) < 4.78 is 3.62. The van der Waals surface area contributed by atoms with Crippen LogP contribution in [0.5, 0.6) is 0 Å². The maximum atomic E-state index is 12.0. The van der Waals surface area contributed by atoms with Gasteiger partial charge in [0, 0.05) is 48.7 Å². The van der Waals surface area contributed by atoms with E-state index in [4.69, 9.17) is 0 Å². The van der Waals surface area contributed by atoms with Gasteiger partial charge in [0.15, 0.2) is 0 Å². The quantitative estimate of drug-likeness (QED) is 0.0850. The van der Waals surface area contributed by atoms with Gasteiger partial charge in [-0.15, -0.1) is 22.7 Å². The first-order valence-corrected chi connectivity index (χ1v) is 21.8. The Hall–Kier alpha value is -5.39. The Morgan fingerprint density at radius 2 is 1.57 bits per heavy atom. The molecule has 9 rings (SSSR count). The number of para-hydroxylation sites is 1. The number of hydrogen-bond donors (Lipinski definition) is 1. The van der Waals surface area contributed by atoms with E-state index in [1.165, 1.54) is 89.5 Å². The molecule has 7 aromatic rings. The number of carbonyl (C=O) groups is 1. The zero-order chi connectivity index (χ0) is 38.3. The van der Waals surface area contributed by atoms with Crippen LogP contribution in [-0.4, -0.2) is 17.6 Å². The molecule has 0 spiro atoms. The minimum Gasteiger partial charge on any atom is -0.477 e. The Balaban J connectivity index is 1.21. The van der Waals surface area contributed by atoms with Crippen LogP contribution in [-0.2, 0) is 4.79 Å². The van der Waals surface area contributed by atoms with E-state index in [-0.39, 0.29) is 17.4 Å². The van der Waals surface area contributed by atoms with Gasteiger partial charge < -0.3 is 10.0 Å². The number of benzene rings is 5. The molecule has 1 aliphatic heterocycles. The molecule has 5 aromatic carbocycles. The van der Waals surface area contributed by atoms with Crippen LogP contribution in [0, 0.1) is 11.3 Å². The molecule has 2 atom stereocenters. The van der Waals surface area contributed by atoms with Gasteiger partial charge in [0.1, 0.15) is 11.6 Å². The zero-order valence-corrected chi connectivity index (χ0v) is 33.7. The molecule has 56 heavy (non-hydrogen) atoms. The van der Waals surface area contributed by atoms with Crippen LogP contribution in [0.3, 0.4) is 0 Å². The summed E-state index contributed by atoms with van der Waals surface area (Å²) in [6.45, 7) is 5.65. The SMILES string of the molecule is CCCCCCN1c2ccccc2Sc2cc(C3=Cc4c(sc5c4sc4cc(-c6ccccc6)c(/C=C(\C#N)C(=O)O)cc45)C(C)C3c3ccccc3)ccc21. The third-order valence-electron chi connectivity index (χ3n) is 11.2. The summed E-state index contributed by atoms with van der Waals surface area (Å²) in [5.41, 5.74) is 10.1. The molecule has 0 amide bonds. The molecule has 0 saturated carbocycles. The summed E-state index contributed by atoms with van der Waals surface area (Å²) in [6, 6.07) is 43.1. The molecular weight excluding hydrogens is 745 g/mol. The number of allylic oxidation sites excluding steroid dienone is 1. The highest BCUT2D eigenvalue weighted by molar-refractivity contribution is 7.99.